The molecule has 7 nitrogen and oxygen atoms in total. The molecule has 0 unspecified atom stereocenters. The smallest absolute Gasteiger partial charge is 0.257 e. The van der Waals surface area contributed by atoms with E-state index in [1.54, 1.807) is 26.5 Å². The first-order chi connectivity index (χ1) is 15.1. The summed E-state index contributed by atoms with van der Waals surface area (Å²) in [4.78, 5) is 15.0. The second-order valence-electron chi connectivity index (χ2n) is 7.42. The number of nitrogens with zero attached hydrogens (tertiary/aromatic N) is 4. The molecule has 0 radical (unpaired) electrons. The summed E-state index contributed by atoms with van der Waals surface area (Å²) < 4.78 is 13.2. The van der Waals surface area contributed by atoms with Gasteiger partial charge in [-0.25, -0.2) is 9.97 Å². The summed E-state index contributed by atoms with van der Waals surface area (Å²) in [5.74, 6) is 1.08. The highest BCUT2D eigenvalue weighted by Gasteiger charge is 2.19. The van der Waals surface area contributed by atoms with E-state index in [-0.39, 0.29) is 0 Å². The number of aryl methyl sites for hydroxylation is 1. The number of fused-ring (bicyclic) bond motifs is 2. The third kappa shape index (κ3) is 4.07. The lowest BCUT2D eigenvalue weighted by molar-refractivity contribution is 0.294. The first-order valence-corrected chi connectivity index (χ1v) is 10.9. The van der Waals surface area contributed by atoms with Gasteiger partial charge in [0.25, 0.3) is 5.88 Å². The molecule has 0 spiro atoms. The molecule has 0 aliphatic carbocycles. The van der Waals surface area contributed by atoms with Gasteiger partial charge in [-0.2, -0.15) is 0 Å². The van der Waals surface area contributed by atoms with E-state index in [1.807, 2.05) is 12.1 Å². The van der Waals surface area contributed by atoms with Gasteiger partial charge in [-0.15, -0.1) is 0 Å². The van der Waals surface area contributed by atoms with Crippen molar-refractivity contribution in [3.05, 3.63) is 35.6 Å². The molecule has 0 aliphatic heterocycles. The molecule has 0 saturated heterocycles. The Labute approximate surface area is 186 Å². The van der Waals surface area contributed by atoms with E-state index in [2.05, 4.69) is 39.5 Å². The molecule has 0 atom stereocenters. The zero-order chi connectivity index (χ0) is 22.0. The normalized spacial score (nSPS) is 11.7. The molecule has 4 aromatic heterocycles. The van der Waals surface area contributed by atoms with Crippen LogP contribution in [0.15, 0.2) is 30.6 Å². The number of aromatic amines is 1. The van der Waals surface area contributed by atoms with Crippen molar-refractivity contribution in [2.45, 2.75) is 26.8 Å². The van der Waals surface area contributed by atoms with Crippen LogP contribution in [0.4, 0.5) is 0 Å². The van der Waals surface area contributed by atoms with Gasteiger partial charge < -0.3 is 23.9 Å². The van der Waals surface area contributed by atoms with Crippen molar-refractivity contribution in [2.75, 3.05) is 33.9 Å². The van der Waals surface area contributed by atoms with Gasteiger partial charge in [0.05, 0.1) is 30.5 Å². The first-order valence-electron chi connectivity index (χ1n) is 10.6. The van der Waals surface area contributed by atoms with Crippen LogP contribution in [-0.2, 0) is 6.54 Å². The van der Waals surface area contributed by atoms with E-state index >= 15 is 0 Å². The van der Waals surface area contributed by atoms with Crippen molar-refractivity contribution in [2.24, 2.45) is 0 Å². The van der Waals surface area contributed by atoms with Crippen molar-refractivity contribution >= 4 is 33.7 Å². The standard InChI is InChI=1S/C23H28ClN5O2/c1-5-28(6-2)10-7-11-29-14-16(18-12-15-17(24)8-9-25-22(15)26-18)21-19(29)13-20(30-3)23(27-21)31-4/h8-9,12-14H,5-7,10-11H2,1-4H3,(H,25,26). The number of hydrogen-bond donors (Lipinski definition) is 1. The zero-order valence-corrected chi connectivity index (χ0v) is 19.2. The summed E-state index contributed by atoms with van der Waals surface area (Å²) >= 11 is 6.37. The lowest BCUT2D eigenvalue weighted by atomic mass is 10.2. The average molecular weight is 442 g/mol. The monoisotopic (exact) mass is 441 g/mol. The minimum absolute atomic E-state index is 0.462. The summed E-state index contributed by atoms with van der Waals surface area (Å²) in [6.07, 6.45) is 4.88. The molecule has 0 aliphatic rings. The summed E-state index contributed by atoms with van der Waals surface area (Å²) in [5.41, 5.74) is 4.51. The molecule has 0 bridgehead atoms. The molecule has 164 valence electrons. The summed E-state index contributed by atoms with van der Waals surface area (Å²) in [5, 5.41) is 1.56. The zero-order valence-electron chi connectivity index (χ0n) is 18.4. The molecular weight excluding hydrogens is 414 g/mol. The second kappa shape index (κ2) is 9.16. The van der Waals surface area contributed by atoms with Crippen LogP contribution in [-0.4, -0.2) is 58.3 Å². The second-order valence-corrected chi connectivity index (χ2v) is 7.83. The highest BCUT2D eigenvalue weighted by Crippen LogP contribution is 2.37. The fourth-order valence-corrected chi connectivity index (χ4v) is 4.19. The molecule has 0 aromatic carbocycles. The number of pyridine rings is 2. The van der Waals surface area contributed by atoms with Crippen LogP contribution in [0.1, 0.15) is 20.3 Å². The van der Waals surface area contributed by atoms with E-state index in [0.717, 1.165) is 65.9 Å². The predicted octanol–water partition coefficient (Wildman–Crippen LogP) is 4.98. The minimum Gasteiger partial charge on any atom is -0.491 e. The number of H-pyrrole nitrogens is 1. The maximum atomic E-state index is 6.37. The van der Waals surface area contributed by atoms with E-state index in [1.165, 1.54) is 0 Å². The fourth-order valence-electron chi connectivity index (χ4n) is 3.99. The minimum atomic E-state index is 0.462. The Kier molecular flexibility index (Phi) is 6.34. The van der Waals surface area contributed by atoms with Crippen molar-refractivity contribution in [1.82, 2.24) is 24.4 Å². The Morgan fingerprint density at radius 3 is 2.65 bits per heavy atom. The number of rotatable bonds is 9. The lowest BCUT2D eigenvalue weighted by Gasteiger charge is -2.18. The van der Waals surface area contributed by atoms with Crippen molar-refractivity contribution < 1.29 is 9.47 Å². The lowest BCUT2D eigenvalue weighted by Crippen LogP contribution is -2.24. The van der Waals surface area contributed by atoms with E-state index in [0.29, 0.717) is 16.7 Å². The van der Waals surface area contributed by atoms with Gasteiger partial charge in [-0.3, -0.25) is 0 Å². The maximum absolute atomic E-state index is 6.37. The molecule has 4 aromatic rings. The molecule has 0 fully saturated rings. The van der Waals surface area contributed by atoms with Crippen LogP contribution >= 0.6 is 11.6 Å². The van der Waals surface area contributed by atoms with Crippen LogP contribution in [0.5, 0.6) is 11.6 Å². The van der Waals surface area contributed by atoms with Gasteiger partial charge in [0.15, 0.2) is 5.75 Å². The molecule has 4 heterocycles. The summed E-state index contributed by atoms with van der Waals surface area (Å²) in [6.45, 7) is 8.44. The van der Waals surface area contributed by atoms with Crippen molar-refractivity contribution in [1.29, 1.82) is 0 Å². The van der Waals surface area contributed by atoms with E-state index < -0.39 is 0 Å². The Bertz CT molecular complexity index is 1200. The Hall–Kier alpha value is -2.77. The largest absolute Gasteiger partial charge is 0.491 e. The number of halogens is 1. The van der Waals surface area contributed by atoms with Gasteiger partial charge in [0.1, 0.15) is 11.2 Å². The molecule has 8 heteroatoms. The number of hydrogen-bond acceptors (Lipinski definition) is 5. The van der Waals surface area contributed by atoms with Crippen LogP contribution < -0.4 is 9.47 Å². The molecule has 4 rings (SSSR count). The Morgan fingerprint density at radius 2 is 1.97 bits per heavy atom. The van der Waals surface area contributed by atoms with Gasteiger partial charge in [-0.1, -0.05) is 25.4 Å². The number of aromatic nitrogens is 4. The quantitative estimate of drug-likeness (QED) is 0.396. The SMILES string of the molecule is CCN(CC)CCCn1cc(-c2cc3c(Cl)ccnc3[nH]2)c2nc(OC)c(OC)cc21. The average Bonchev–Trinajstić information content (AvgIpc) is 3.38. The Balaban J connectivity index is 1.80. The van der Waals surface area contributed by atoms with E-state index in [9.17, 15) is 0 Å². The topological polar surface area (TPSA) is 68.2 Å². The third-order valence-electron chi connectivity index (χ3n) is 5.73. The molecule has 0 amide bonds. The highest BCUT2D eigenvalue weighted by atomic mass is 35.5. The maximum Gasteiger partial charge on any atom is 0.257 e. The van der Waals surface area contributed by atoms with Crippen molar-refractivity contribution in [3.63, 3.8) is 0 Å². The van der Waals surface area contributed by atoms with E-state index in [4.69, 9.17) is 26.1 Å². The fraction of sp³-hybridized carbons (Fsp3) is 0.391. The van der Waals surface area contributed by atoms with Crippen LogP contribution in [0.25, 0.3) is 33.3 Å². The van der Waals surface area contributed by atoms with Crippen molar-refractivity contribution in [3.8, 4) is 22.9 Å². The number of nitrogens with one attached hydrogen (secondary N) is 1. The van der Waals surface area contributed by atoms with Crippen LogP contribution in [0, 0.1) is 0 Å². The van der Waals surface area contributed by atoms with Gasteiger partial charge >= 0.3 is 0 Å². The summed E-state index contributed by atoms with van der Waals surface area (Å²) in [7, 11) is 3.23. The molecule has 31 heavy (non-hydrogen) atoms. The number of ether oxygens (including phenoxy) is 2. The highest BCUT2D eigenvalue weighted by molar-refractivity contribution is 6.35. The molecule has 0 saturated carbocycles. The first kappa shape index (κ1) is 21.5. The third-order valence-corrected chi connectivity index (χ3v) is 6.06. The summed E-state index contributed by atoms with van der Waals surface area (Å²) in [6, 6.07) is 5.82. The predicted molar refractivity (Wildman–Crippen MR) is 125 cm³/mol. The van der Waals surface area contributed by atoms with Gasteiger partial charge in [-0.05, 0) is 38.2 Å². The van der Waals surface area contributed by atoms with Crippen LogP contribution in [0.3, 0.4) is 0 Å². The Morgan fingerprint density at radius 1 is 1.16 bits per heavy atom. The molecular formula is C23H28ClN5O2. The van der Waals surface area contributed by atoms with Crippen LogP contribution in [0.2, 0.25) is 5.02 Å². The molecule has 1 N–H and O–H groups in total. The van der Waals surface area contributed by atoms with Gasteiger partial charge in [0.2, 0.25) is 0 Å². The number of methoxy groups -OCH3 is 2. The van der Waals surface area contributed by atoms with Gasteiger partial charge in [0, 0.05) is 36.0 Å².